The van der Waals surface area contributed by atoms with Crippen LogP contribution in [0.3, 0.4) is 0 Å². The second-order valence-electron chi connectivity index (χ2n) is 2.92. The van der Waals surface area contributed by atoms with Crippen LogP contribution in [-0.2, 0) is 5.33 Å². The topological polar surface area (TPSA) is 17.1 Å². The van der Waals surface area contributed by atoms with Gasteiger partial charge in [-0.2, -0.15) is 0 Å². The molecule has 1 unspecified atom stereocenters. The van der Waals surface area contributed by atoms with Crippen LogP contribution in [0.15, 0.2) is 18.2 Å². The standard InChI is InChI=1S/C10H9Br2FO/c1-6(12)10(14)9-4-8(13)3-2-7(9)5-11/h2-4,6H,5H2,1H3. The van der Waals surface area contributed by atoms with Gasteiger partial charge in [0.1, 0.15) is 5.82 Å². The molecule has 0 spiro atoms. The molecule has 0 fully saturated rings. The van der Waals surface area contributed by atoms with Crippen LogP contribution in [0.25, 0.3) is 0 Å². The fourth-order valence-electron chi connectivity index (χ4n) is 1.11. The molecule has 0 saturated heterocycles. The molecule has 1 rings (SSSR count). The van der Waals surface area contributed by atoms with Gasteiger partial charge in [-0.3, -0.25) is 4.79 Å². The van der Waals surface area contributed by atoms with Crippen LogP contribution in [0.1, 0.15) is 22.8 Å². The molecular formula is C10H9Br2FO. The second-order valence-corrected chi connectivity index (χ2v) is 4.85. The molecule has 0 radical (unpaired) electrons. The summed E-state index contributed by atoms with van der Waals surface area (Å²) in [5.41, 5.74) is 1.24. The summed E-state index contributed by atoms with van der Waals surface area (Å²) < 4.78 is 12.9. The van der Waals surface area contributed by atoms with Crippen LogP contribution in [0, 0.1) is 5.82 Å². The van der Waals surface area contributed by atoms with Gasteiger partial charge in [0.25, 0.3) is 0 Å². The van der Waals surface area contributed by atoms with Crippen molar-refractivity contribution in [2.75, 3.05) is 0 Å². The molecule has 0 saturated carbocycles. The van der Waals surface area contributed by atoms with Crippen molar-refractivity contribution in [3.63, 3.8) is 0 Å². The molecule has 0 aliphatic rings. The van der Waals surface area contributed by atoms with E-state index in [0.717, 1.165) is 5.56 Å². The average Bonchev–Trinajstić information content (AvgIpc) is 2.16. The number of carbonyl (C=O) groups is 1. The highest BCUT2D eigenvalue weighted by Crippen LogP contribution is 2.18. The summed E-state index contributed by atoms with van der Waals surface area (Å²) in [5.74, 6) is -0.481. The number of ketones is 1. The Hall–Kier alpha value is -0.220. The predicted molar refractivity (Wildman–Crippen MR) is 61.8 cm³/mol. The molecule has 1 aromatic carbocycles. The fraction of sp³-hybridized carbons (Fsp3) is 0.300. The van der Waals surface area contributed by atoms with Crippen molar-refractivity contribution >= 4 is 37.6 Å². The zero-order valence-corrected chi connectivity index (χ0v) is 10.7. The summed E-state index contributed by atoms with van der Waals surface area (Å²) in [6.45, 7) is 1.73. The number of hydrogen-bond donors (Lipinski definition) is 0. The van der Waals surface area contributed by atoms with Gasteiger partial charge in [0, 0.05) is 10.9 Å². The van der Waals surface area contributed by atoms with E-state index in [1.165, 1.54) is 12.1 Å². The quantitative estimate of drug-likeness (QED) is 0.612. The maximum atomic E-state index is 12.9. The van der Waals surface area contributed by atoms with Gasteiger partial charge in [0.2, 0.25) is 0 Å². The summed E-state index contributed by atoms with van der Waals surface area (Å²) in [6.07, 6.45) is 0. The Kier molecular flexibility index (Phi) is 4.26. The lowest BCUT2D eigenvalue weighted by atomic mass is 10.0. The van der Waals surface area contributed by atoms with Gasteiger partial charge in [0.05, 0.1) is 4.83 Å². The van der Waals surface area contributed by atoms with Crippen LogP contribution >= 0.6 is 31.9 Å². The van der Waals surface area contributed by atoms with E-state index in [1.807, 2.05) is 0 Å². The zero-order chi connectivity index (χ0) is 10.7. The highest BCUT2D eigenvalue weighted by molar-refractivity contribution is 9.10. The van der Waals surface area contributed by atoms with E-state index in [1.54, 1.807) is 13.0 Å². The van der Waals surface area contributed by atoms with E-state index >= 15 is 0 Å². The van der Waals surface area contributed by atoms with E-state index in [4.69, 9.17) is 0 Å². The van der Waals surface area contributed by atoms with Crippen LogP contribution < -0.4 is 0 Å². The Balaban J connectivity index is 3.17. The van der Waals surface area contributed by atoms with E-state index in [2.05, 4.69) is 31.9 Å². The van der Waals surface area contributed by atoms with Crippen LogP contribution in [0.2, 0.25) is 0 Å². The zero-order valence-electron chi connectivity index (χ0n) is 7.56. The molecule has 1 nitrogen and oxygen atoms in total. The molecule has 1 aromatic rings. The Labute approximate surface area is 99.0 Å². The van der Waals surface area contributed by atoms with Gasteiger partial charge in [-0.1, -0.05) is 37.9 Å². The highest BCUT2D eigenvalue weighted by atomic mass is 79.9. The predicted octanol–water partition coefficient (Wildman–Crippen LogP) is 3.69. The molecule has 14 heavy (non-hydrogen) atoms. The van der Waals surface area contributed by atoms with Gasteiger partial charge < -0.3 is 0 Å². The molecule has 76 valence electrons. The Morgan fingerprint density at radius 1 is 1.57 bits per heavy atom. The lowest BCUT2D eigenvalue weighted by molar-refractivity contribution is 0.0995. The number of halogens is 3. The molecule has 0 N–H and O–H groups in total. The number of rotatable bonds is 3. The number of carbonyl (C=O) groups excluding carboxylic acids is 1. The molecule has 0 aliphatic heterocycles. The molecule has 0 amide bonds. The molecule has 0 heterocycles. The minimum Gasteiger partial charge on any atom is -0.293 e. The third-order valence-corrected chi connectivity index (χ3v) is 2.86. The van der Waals surface area contributed by atoms with Crippen molar-refractivity contribution in [1.82, 2.24) is 0 Å². The van der Waals surface area contributed by atoms with E-state index in [0.29, 0.717) is 10.9 Å². The van der Waals surface area contributed by atoms with Crippen molar-refractivity contribution in [3.05, 3.63) is 35.1 Å². The first kappa shape index (κ1) is 11.9. The summed E-state index contributed by atoms with van der Waals surface area (Å²) in [4.78, 5) is 11.4. The lowest BCUT2D eigenvalue weighted by Gasteiger charge is -2.07. The molecular weight excluding hydrogens is 315 g/mol. The van der Waals surface area contributed by atoms with E-state index < -0.39 is 0 Å². The van der Waals surface area contributed by atoms with Crippen LogP contribution in [0.5, 0.6) is 0 Å². The van der Waals surface area contributed by atoms with Gasteiger partial charge >= 0.3 is 0 Å². The maximum absolute atomic E-state index is 12.9. The SMILES string of the molecule is CC(Br)C(=O)c1cc(F)ccc1CBr. The number of hydrogen-bond acceptors (Lipinski definition) is 1. The molecule has 0 bridgehead atoms. The minimum absolute atomic E-state index is 0.0982. The smallest absolute Gasteiger partial charge is 0.176 e. The minimum atomic E-state index is -0.383. The van der Waals surface area contributed by atoms with Gasteiger partial charge in [-0.25, -0.2) is 4.39 Å². The largest absolute Gasteiger partial charge is 0.293 e. The summed E-state index contributed by atoms with van der Waals surface area (Å²) >= 11 is 6.44. The first-order valence-corrected chi connectivity index (χ1v) is 6.12. The van der Waals surface area contributed by atoms with Crippen LogP contribution in [0.4, 0.5) is 4.39 Å². The average molecular weight is 324 g/mol. The van der Waals surface area contributed by atoms with Gasteiger partial charge in [0.15, 0.2) is 5.78 Å². The highest BCUT2D eigenvalue weighted by Gasteiger charge is 2.16. The summed E-state index contributed by atoms with van der Waals surface area (Å²) in [5, 5.41) is 0.550. The summed E-state index contributed by atoms with van der Waals surface area (Å²) in [7, 11) is 0. The van der Waals surface area contributed by atoms with E-state index in [9.17, 15) is 9.18 Å². The van der Waals surface area contributed by atoms with Crippen molar-refractivity contribution in [2.24, 2.45) is 0 Å². The first-order valence-electron chi connectivity index (χ1n) is 4.09. The fourth-order valence-corrected chi connectivity index (χ4v) is 1.84. The number of benzene rings is 1. The maximum Gasteiger partial charge on any atom is 0.176 e. The molecule has 4 heteroatoms. The second kappa shape index (κ2) is 5.03. The van der Waals surface area contributed by atoms with Crippen LogP contribution in [-0.4, -0.2) is 10.6 Å². The van der Waals surface area contributed by atoms with Crippen molar-refractivity contribution < 1.29 is 9.18 Å². The lowest BCUT2D eigenvalue weighted by Crippen LogP contribution is -2.12. The number of Topliss-reactive ketones (excluding diaryl/α,β-unsaturated/α-hetero) is 1. The molecule has 1 atom stereocenters. The van der Waals surface area contributed by atoms with Gasteiger partial charge in [-0.15, -0.1) is 0 Å². The molecule has 0 aromatic heterocycles. The van der Waals surface area contributed by atoms with E-state index in [-0.39, 0.29) is 16.4 Å². The Bertz CT molecular complexity index is 350. The first-order chi connectivity index (χ1) is 6.56. The third-order valence-electron chi connectivity index (χ3n) is 1.84. The third kappa shape index (κ3) is 2.64. The molecule has 0 aliphatic carbocycles. The summed E-state index contributed by atoms with van der Waals surface area (Å²) in [6, 6.07) is 4.25. The monoisotopic (exact) mass is 322 g/mol. The van der Waals surface area contributed by atoms with Crippen molar-refractivity contribution in [1.29, 1.82) is 0 Å². The van der Waals surface area contributed by atoms with Crippen molar-refractivity contribution in [3.8, 4) is 0 Å². The Morgan fingerprint density at radius 3 is 2.71 bits per heavy atom. The Morgan fingerprint density at radius 2 is 2.21 bits per heavy atom. The normalized spacial score (nSPS) is 12.6. The van der Waals surface area contributed by atoms with Gasteiger partial charge in [-0.05, 0) is 24.6 Å². The van der Waals surface area contributed by atoms with Crippen molar-refractivity contribution in [2.45, 2.75) is 17.1 Å². The number of alkyl halides is 2.